The predicted molar refractivity (Wildman–Crippen MR) is 125 cm³/mol. The molecule has 3 aromatic carbocycles. The van der Waals surface area contributed by atoms with Gasteiger partial charge >= 0.3 is 0 Å². The number of para-hydroxylation sites is 1. The summed E-state index contributed by atoms with van der Waals surface area (Å²) in [5, 5.41) is 15.1. The Morgan fingerprint density at radius 2 is 1.81 bits per heavy atom. The van der Waals surface area contributed by atoms with Gasteiger partial charge in [0.05, 0.1) is 24.5 Å². The highest BCUT2D eigenvalue weighted by Gasteiger charge is 2.07. The fourth-order valence-corrected chi connectivity index (χ4v) is 3.03. The van der Waals surface area contributed by atoms with Gasteiger partial charge in [0, 0.05) is 5.39 Å². The van der Waals surface area contributed by atoms with Crippen molar-refractivity contribution in [3.05, 3.63) is 95.7 Å². The lowest BCUT2D eigenvalue weighted by Crippen LogP contribution is -2.20. The molecule has 0 spiro atoms. The summed E-state index contributed by atoms with van der Waals surface area (Å²) in [6, 6.07) is 24.8. The van der Waals surface area contributed by atoms with E-state index in [1.54, 1.807) is 24.4 Å². The van der Waals surface area contributed by atoms with Crippen LogP contribution >= 0.6 is 0 Å². The fraction of sp³-hybridized carbons (Fsp3) is 0.0800. The van der Waals surface area contributed by atoms with Crippen LogP contribution in [0.3, 0.4) is 0 Å². The average Bonchev–Trinajstić information content (AvgIpc) is 2.80. The maximum Gasteiger partial charge on any atom is 0.173 e. The Morgan fingerprint density at radius 3 is 2.61 bits per heavy atom. The van der Waals surface area contributed by atoms with E-state index in [4.69, 9.17) is 14.7 Å². The first-order valence-corrected chi connectivity index (χ1v) is 9.80. The van der Waals surface area contributed by atoms with Gasteiger partial charge < -0.3 is 9.84 Å². The molecule has 1 aromatic heterocycles. The molecule has 0 aliphatic rings. The van der Waals surface area contributed by atoms with Crippen molar-refractivity contribution in [2.24, 2.45) is 10.1 Å². The molecule has 0 bridgehead atoms. The lowest BCUT2D eigenvalue weighted by atomic mass is 10.2. The maximum absolute atomic E-state index is 9.75. The number of hydrogen-bond donors (Lipinski definition) is 2. The molecular weight excluding hydrogens is 388 g/mol. The van der Waals surface area contributed by atoms with Gasteiger partial charge in [0.1, 0.15) is 5.69 Å². The van der Waals surface area contributed by atoms with Gasteiger partial charge in [-0.2, -0.15) is 5.10 Å². The summed E-state index contributed by atoms with van der Waals surface area (Å²) in [6.07, 6.45) is 1.63. The van der Waals surface area contributed by atoms with Crippen LogP contribution in [0.4, 0.5) is 5.69 Å². The normalized spacial score (nSPS) is 11.7. The smallest absolute Gasteiger partial charge is 0.173 e. The van der Waals surface area contributed by atoms with Crippen molar-refractivity contribution in [1.29, 1.82) is 0 Å². The van der Waals surface area contributed by atoms with Crippen LogP contribution in [0.2, 0.25) is 0 Å². The number of rotatable bonds is 5. The van der Waals surface area contributed by atoms with Gasteiger partial charge in [-0.05, 0) is 55.0 Å². The fourth-order valence-electron chi connectivity index (χ4n) is 3.03. The molecule has 0 radical (unpaired) electrons. The molecular formula is C25H22N4O2. The Bertz CT molecular complexity index is 1260. The Morgan fingerprint density at radius 1 is 1.00 bits per heavy atom. The summed E-state index contributed by atoms with van der Waals surface area (Å²) in [5.74, 6) is 0.986. The van der Waals surface area contributed by atoms with Crippen molar-refractivity contribution in [1.82, 2.24) is 10.4 Å². The molecule has 4 rings (SSSR count). The number of aromatic nitrogens is 1. The number of nitrogens with zero attached hydrogens (tertiary/aromatic N) is 3. The van der Waals surface area contributed by atoms with Crippen LogP contribution in [0.1, 0.15) is 16.8 Å². The number of phenolic OH excluding ortho intramolecular Hbond substituents is 1. The third-order valence-corrected chi connectivity index (χ3v) is 4.70. The Kier molecular flexibility index (Phi) is 5.89. The minimum atomic E-state index is 0.0783. The first-order chi connectivity index (χ1) is 15.1. The number of fused-ring (bicyclic) bond motifs is 1. The molecule has 0 fully saturated rings. The number of hydrazone groups is 1. The van der Waals surface area contributed by atoms with E-state index in [2.05, 4.69) is 10.5 Å². The molecule has 4 aromatic rings. The van der Waals surface area contributed by atoms with E-state index in [-0.39, 0.29) is 5.75 Å². The molecule has 0 aliphatic carbocycles. The second kappa shape index (κ2) is 9.09. The Balaban J connectivity index is 1.67. The Labute approximate surface area is 180 Å². The van der Waals surface area contributed by atoms with Crippen LogP contribution in [-0.2, 0) is 0 Å². The molecule has 0 saturated carbocycles. The topological polar surface area (TPSA) is 79.1 Å². The third-order valence-electron chi connectivity index (χ3n) is 4.70. The van der Waals surface area contributed by atoms with E-state index in [0.29, 0.717) is 17.3 Å². The number of phenols is 1. The number of methoxy groups -OCH3 is 1. The number of nitrogens with one attached hydrogen (secondary N) is 1. The zero-order chi connectivity index (χ0) is 21.6. The van der Waals surface area contributed by atoms with Gasteiger partial charge in [-0.1, -0.05) is 42.0 Å². The molecule has 0 amide bonds. The number of aryl methyl sites for hydroxylation is 1. The van der Waals surface area contributed by atoms with Crippen molar-refractivity contribution in [3.8, 4) is 11.5 Å². The summed E-state index contributed by atoms with van der Waals surface area (Å²) < 4.78 is 5.15. The van der Waals surface area contributed by atoms with Crippen molar-refractivity contribution in [3.63, 3.8) is 0 Å². The molecule has 2 N–H and O–H groups in total. The van der Waals surface area contributed by atoms with E-state index in [9.17, 15) is 5.11 Å². The van der Waals surface area contributed by atoms with Crippen molar-refractivity contribution in [2.45, 2.75) is 6.92 Å². The summed E-state index contributed by atoms with van der Waals surface area (Å²) in [4.78, 5) is 9.45. The second-order valence-electron chi connectivity index (χ2n) is 6.99. The van der Waals surface area contributed by atoms with Gasteiger partial charge in [-0.25, -0.2) is 9.98 Å². The molecule has 0 atom stereocenters. The largest absolute Gasteiger partial charge is 0.504 e. The maximum atomic E-state index is 9.75. The Hall–Kier alpha value is -4.19. The van der Waals surface area contributed by atoms with Crippen molar-refractivity contribution >= 4 is 28.6 Å². The zero-order valence-electron chi connectivity index (χ0n) is 17.3. The number of hydrogen-bond acceptors (Lipinski definition) is 5. The lowest BCUT2D eigenvalue weighted by molar-refractivity contribution is 0.373. The summed E-state index contributed by atoms with van der Waals surface area (Å²) in [5.41, 5.74) is 7.30. The average molecular weight is 410 g/mol. The number of aromatic hydroxyl groups is 1. The number of pyridine rings is 1. The molecule has 6 nitrogen and oxygen atoms in total. The molecule has 0 saturated heterocycles. The van der Waals surface area contributed by atoms with Gasteiger partial charge in [0.15, 0.2) is 17.3 Å². The van der Waals surface area contributed by atoms with Crippen molar-refractivity contribution < 1.29 is 9.84 Å². The van der Waals surface area contributed by atoms with E-state index >= 15 is 0 Å². The summed E-state index contributed by atoms with van der Waals surface area (Å²) >= 11 is 0. The standard InChI is InChI=1S/C25H22N4O2/c1-17-7-11-20(12-8-17)27-25(22-13-10-19-5-3-4-6-21(19)28-22)29-26-16-18-9-14-23(30)24(15-18)31-2/h3-16,30H,1-2H3,(H,27,29)/b26-16+. The molecule has 1 heterocycles. The first kappa shape index (κ1) is 20.1. The summed E-state index contributed by atoms with van der Waals surface area (Å²) in [7, 11) is 1.51. The summed E-state index contributed by atoms with van der Waals surface area (Å²) in [6.45, 7) is 2.04. The second-order valence-corrected chi connectivity index (χ2v) is 6.99. The molecule has 0 aliphatic heterocycles. The molecule has 0 unspecified atom stereocenters. The molecule has 6 heteroatoms. The number of benzene rings is 3. The number of amidine groups is 1. The number of ether oxygens (including phenoxy) is 1. The highest BCUT2D eigenvalue weighted by Crippen LogP contribution is 2.25. The van der Waals surface area contributed by atoms with E-state index in [0.717, 1.165) is 27.7 Å². The third kappa shape index (κ3) is 4.87. The lowest BCUT2D eigenvalue weighted by Gasteiger charge is -2.08. The van der Waals surface area contributed by atoms with Gasteiger partial charge in [0.2, 0.25) is 0 Å². The first-order valence-electron chi connectivity index (χ1n) is 9.80. The van der Waals surface area contributed by atoms with Crippen LogP contribution < -0.4 is 10.2 Å². The molecule has 31 heavy (non-hydrogen) atoms. The van der Waals surface area contributed by atoms with E-state index < -0.39 is 0 Å². The van der Waals surface area contributed by atoms with E-state index in [1.165, 1.54) is 7.11 Å². The van der Waals surface area contributed by atoms with Crippen LogP contribution in [0.5, 0.6) is 11.5 Å². The van der Waals surface area contributed by atoms with Gasteiger partial charge in [-0.15, -0.1) is 0 Å². The molecule has 154 valence electrons. The predicted octanol–water partition coefficient (Wildman–Crippen LogP) is 4.96. The van der Waals surface area contributed by atoms with Crippen LogP contribution in [-0.4, -0.2) is 29.3 Å². The van der Waals surface area contributed by atoms with Gasteiger partial charge in [-0.3, -0.25) is 5.43 Å². The van der Waals surface area contributed by atoms with E-state index in [1.807, 2.05) is 67.6 Å². The SMILES string of the molecule is COc1cc(/C=N/NC(=Nc2ccc(C)cc2)c2ccc3ccccc3n2)ccc1O. The highest BCUT2D eigenvalue weighted by atomic mass is 16.5. The van der Waals surface area contributed by atoms with Crippen molar-refractivity contribution in [2.75, 3.05) is 7.11 Å². The quantitative estimate of drug-likeness (QED) is 0.277. The zero-order valence-corrected chi connectivity index (χ0v) is 17.3. The minimum Gasteiger partial charge on any atom is -0.504 e. The minimum absolute atomic E-state index is 0.0783. The van der Waals surface area contributed by atoms with Crippen LogP contribution in [0, 0.1) is 6.92 Å². The van der Waals surface area contributed by atoms with Gasteiger partial charge in [0.25, 0.3) is 0 Å². The van der Waals surface area contributed by atoms with Crippen LogP contribution in [0.15, 0.2) is 89.0 Å². The monoisotopic (exact) mass is 410 g/mol. The van der Waals surface area contributed by atoms with Crippen LogP contribution in [0.25, 0.3) is 10.9 Å². The number of aliphatic imine (C=N–C) groups is 1. The highest BCUT2D eigenvalue weighted by molar-refractivity contribution is 6.00.